The van der Waals surface area contributed by atoms with Crippen LogP contribution in [0.4, 0.5) is 0 Å². The van der Waals surface area contributed by atoms with Gasteiger partial charge in [0.15, 0.2) is 0 Å². The minimum absolute atomic E-state index is 0.711. The fourth-order valence-corrected chi connectivity index (χ4v) is 2.93. The molecule has 1 nitrogen and oxygen atoms in total. The van der Waals surface area contributed by atoms with Gasteiger partial charge in [0.25, 0.3) is 0 Å². The smallest absolute Gasteiger partial charge is 0.0221 e. The fourth-order valence-electron chi connectivity index (χ4n) is 1.92. The van der Waals surface area contributed by atoms with E-state index in [1.165, 1.54) is 13.0 Å². The Morgan fingerprint density at radius 1 is 1.55 bits per heavy atom. The molecule has 2 heteroatoms. The third-order valence-electron chi connectivity index (χ3n) is 2.75. The minimum Gasteiger partial charge on any atom is -0.297 e. The minimum atomic E-state index is 0.711. The summed E-state index contributed by atoms with van der Waals surface area (Å²) in [6, 6.07) is 1.48. The Morgan fingerprint density at radius 2 is 2.18 bits per heavy atom. The molecule has 0 N–H and O–H groups in total. The Hall–Kier alpha value is 0.440. The molecular weight excluding hydrogens is 202 g/mol. The monoisotopic (exact) mass is 219 g/mol. The molecular formula is C9H18BrN. The van der Waals surface area contributed by atoms with E-state index < -0.39 is 0 Å². The lowest BCUT2D eigenvalue weighted by Gasteiger charge is -2.28. The van der Waals surface area contributed by atoms with E-state index in [2.05, 4.69) is 41.6 Å². The van der Waals surface area contributed by atoms with Crippen molar-refractivity contribution in [1.29, 1.82) is 0 Å². The van der Waals surface area contributed by atoms with Crippen LogP contribution in [0.3, 0.4) is 0 Å². The summed E-state index contributed by atoms with van der Waals surface area (Å²) in [6.45, 7) is 8.21. The van der Waals surface area contributed by atoms with Crippen molar-refractivity contribution in [1.82, 2.24) is 4.90 Å². The highest BCUT2D eigenvalue weighted by molar-refractivity contribution is 9.09. The standard InChI is InChI=1S/C9H18BrN/c1-7(2)11-5-4-8(3)9(11)6-10/h7-9H,4-6H2,1-3H3. The molecule has 2 atom stereocenters. The molecule has 66 valence electrons. The molecule has 1 heterocycles. The summed E-state index contributed by atoms with van der Waals surface area (Å²) >= 11 is 3.58. The number of hydrogen-bond acceptors (Lipinski definition) is 1. The van der Waals surface area contributed by atoms with Crippen molar-refractivity contribution in [2.24, 2.45) is 5.92 Å². The van der Waals surface area contributed by atoms with Crippen LogP contribution in [0.2, 0.25) is 0 Å². The van der Waals surface area contributed by atoms with E-state index in [1.54, 1.807) is 0 Å². The molecule has 0 bridgehead atoms. The Kier molecular flexibility index (Phi) is 3.38. The van der Waals surface area contributed by atoms with E-state index in [0.29, 0.717) is 6.04 Å². The van der Waals surface area contributed by atoms with Gasteiger partial charge in [0, 0.05) is 17.4 Å². The number of nitrogens with zero attached hydrogens (tertiary/aromatic N) is 1. The highest BCUT2D eigenvalue weighted by Gasteiger charge is 2.31. The van der Waals surface area contributed by atoms with E-state index >= 15 is 0 Å². The maximum atomic E-state index is 3.58. The first-order chi connectivity index (χ1) is 5.16. The molecule has 2 unspecified atom stereocenters. The van der Waals surface area contributed by atoms with Crippen LogP contribution in [0.15, 0.2) is 0 Å². The van der Waals surface area contributed by atoms with Gasteiger partial charge in [0.2, 0.25) is 0 Å². The van der Waals surface area contributed by atoms with Crippen molar-refractivity contribution in [3.63, 3.8) is 0 Å². The molecule has 0 aliphatic carbocycles. The molecule has 1 aliphatic heterocycles. The van der Waals surface area contributed by atoms with Crippen LogP contribution < -0.4 is 0 Å². The topological polar surface area (TPSA) is 3.24 Å². The van der Waals surface area contributed by atoms with Gasteiger partial charge in [0.05, 0.1) is 0 Å². The Bertz CT molecular complexity index is 125. The first kappa shape index (κ1) is 9.53. The fraction of sp³-hybridized carbons (Fsp3) is 1.00. The van der Waals surface area contributed by atoms with E-state index in [0.717, 1.165) is 17.3 Å². The van der Waals surface area contributed by atoms with Crippen molar-refractivity contribution in [3.8, 4) is 0 Å². The van der Waals surface area contributed by atoms with Crippen molar-refractivity contribution >= 4 is 15.9 Å². The Balaban J connectivity index is 2.54. The van der Waals surface area contributed by atoms with Crippen molar-refractivity contribution in [2.45, 2.75) is 39.3 Å². The summed E-state index contributed by atoms with van der Waals surface area (Å²) in [4.78, 5) is 2.60. The van der Waals surface area contributed by atoms with Crippen LogP contribution in [0, 0.1) is 5.92 Å². The van der Waals surface area contributed by atoms with Gasteiger partial charge >= 0.3 is 0 Å². The number of alkyl halides is 1. The normalized spacial score (nSPS) is 33.5. The lowest BCUT2D eigenvalue weighted by molar-refractivity contribution is 0.204. The van der Waals surface area contributed by atoms with E-state index in [4.69, 9.17) is 0 Å². The zero-order chi connectivity index (χ0) is 8.43. The summed E-state index contributed by atoms with van der Waals surface area (Å²) in [5, 5.41) is 1.13. The summed E-state index contributed by atoms with van der Waals surface area (Å²) in [5.74, 6) is 0.872. The van der Waals surface area contributed by atoms with Crippen LogP contribution in [-0.4, -0.2) is 28.9 Å². The van der Waals surface area contributed by atoms with Gasteiger partial charge in [0.1, 0.15) is 0 Å². The number of hydrogen-bond donors (Lipinski definition) is 0. The third kappa shape index (κ3) is 1.97. The molecule has 1 saturated heterocycles. The van der Waals surface area contributed by atoms with Crippen LogP contribution >= 0.6 is 15.9 Å². The number of rotatable bonds is 2. The zero-order valence-electron chi connectivity index (χ0n) is 7.68. The molecule has 0 saturated carbocycles. The molecule has 0 amide bonds. The molecule has 1 rings (SSSR count). The highest BCUT2D eigenvalue weighted by Crippen LogP contribution is 2.26. The number of halogens is 1. The SMILES string of the molecule is CC1CCN(C(C)C)C1CBr. The van der Waals surface area contributed by atoms with E-state index in [1.807, 2.05) is 0 Å². The molecule has 0 spiro atoms. The van der Waals surface area contributed by atoms with E-state index in [-0.39, 0.29) is 0 Å². The zero-order valence-corrected chi connectivity index (χ0v) is 9.26. The second-order valence-corrected chi connectivity index (χ2v) is 4.47. The molecule has 1 fully saturated rings. The molecule has 0 aromatic heterocycles. The van der Waals surface area contributed by atoms with Crippen molar-refractivity contribution in [3.05, 3.63) is 0 Å². The maximum Gasteiger partial charge on any atom is 0.0221 e. The first-order valence-electron chi connectivity index (χ1n) is 4.48. The molecule has 11 heavy (non-hydrogen) atoms. The first-order valence-corrected chi connectivity index (χ1v) is 5.60. The predicted octanol–water partition coefficient (Wildman–Crippen LogP) is 2.50. The summed E-state index contributed by atoms with van der Waals surface area (Å²) in [6.07, 6.45) is 1.37. The summed E-state index contributed by atoms with van der Waals surface area (Å²) in [5.41, 5.74) is 0. The predicted molar refractivity (Wildman–Crippen MR) is 53.2 cm³/mol. The van der Waals surface area contributed by atoms with Gasteiger partial charge in [-0.1, -0.05) is 22.9 Å². The Morgan fingerprint density at radius 3 is 2.55 bits per heavy atom. The van der Waals surface area contributed by atoms with Gasteiger partial charge in [-0.2, -0.15) is 0 Å². The second-order valence-electron chi connectivity index (χ2n) is 3.82. The van der Waals surface area contributed by atoms with Crippen LogP contribution in [0.25, 0.3) is 0 Å². The van der Waals surface area contributed by atoms with Crippen LogP contribution in [-0.2, 0) is 0 Å². The van der Waals surface area contributed by atoms with Gasteiger partial charge in [-0.3, -0.25) is 4.90 Å². The lowest BCUT2D eigenvalue weighted by atomic mass is 10.0. The van der Waals surface area contributed by atoms with E-state index in [9.17, 15) is 0 Å². The molecule has 0 radical (unpaired) electrons. The van der Waals surface area contributed by atoms with Gasteiger partial charge in [-0.25, -0.2) is 0 Å². The quantitative estimate of drug-likeness (QED) is 0.646. The van der Waals surface area contributed by atoms with Gasteiger partial charge in [-0.05, 0) is 32.7 Å². The van der Waals surface area contributed by atoms with Crippen LogP contribution in [0.5, 0.6) is 0 Å². The third-order valence-corrected chi connectivity index (χ3v) is 3.41. The average molecular weight is 220 g/mol. The largest absolute Gasteiger partial charge is 0.297 e. The maximum absolute atomic E-state index is 3.58. The van der Waals surface area contributed by atoms with Crippen molar-refractivity contribution in [2.75, 3.05) is 11.9 Å². The van der Waals surface area contributed by atoms with Crippen molar-refractivity contribution < 1.29 is 0 Å². The second kappa shape index (κ2) is 3.90. The highest BCUT2D eigenvalue weighted by atomic mass is 79.9. The van der Waals surface area contributed by atoms with Gasteiger partial charge in [-0.15, -0.1) is 0 Å². The average Bonchev–Trinajstić information content (AvgIpc) is 2.30. The Labute approximate surface area is 78.3 Å². The molecule has 0 aromatic rings. The molecule has 1 aliphatic rings. The summed E-state index contributed by atoms with van der Waals surface area (Å²) < 4.78 is 0. The lowest BCUT2D eigenvalue weighted by Crippen LogP contribution is -2.38. The number of likely N-dealkylation sites (tertiary alicyclic amines) is 1. The van der Waals surface area contributed by atoms with Crippen LogP contribution in [0.1, 0.15) is 27.2 Å². The molecule has 0 aromatic carbocycles. The van der Waals surface area contributed by atoms with Gasteiger partial charge < -0.3 is 0 Å². The summed E-state index contributed by atoms with van der Waals surface area (Å²) in [7, 11) is 0.